The molecule has 0 spiro atoms. The molecule has 4 rings (SSSR count). The molecule has 0 aromatic carbocycles. The van der Waals surface area contributed by atoms with E-state index in [0.717, 1.165) is 0 Å². The predicted molar refractivity (Wildman–Crippen MR) is 91.9 cm³/mol. The standard InChI is InChI=1S/C20H26O6/c1-6-9(2)17(22)24-13-7-11-10(3)18(23)25-15(11)16-19(13,4)12(21)8-14-20(16,5)26-14/h6,11-16,21H,3,7-8H2,1-2,4-5H3/b9-6-/t11-,12-,13+,14+,15-,16+,19+,20+/m0/s1. The Hall–Kier alpha value is -1.66. The van der Waals surface area contributed by atoms with Crippen molar-refractivity contribution in [3.8, 4) is 0 Å². The zero-order chi connectivity index (χ0) is 19.0. The number of carbonyl (C=O) groups excluding carboxylic acids is 2. The Bertz CT molecular complexity index is 726. The van der Waals surface area contributed by atoms with Crippen LogP contribution in [-0.4, -0.2) is 47.1 Å². The van der Waals surface area contributed by atoms with Gasteiger partial charge in [0, 0.05) is 34.8 Å². The molecule has 6 nitrogen and oxygen atoms in total. The van der Waals surface area contributed by atoms with Crippen LogP contribution in [0.2, 0.25) is 0 Å². The summed E-state index contributed by atoms with van der Waals surface area (Å²) in [5, 5.41) is 11.0. The monoisotopic (exact) mass is 362 g/mol. The molecule has 26 heavy (non-hydrogen) atoms. The van der Waals surface area contributed by atoms with Crippen molar-refractivity contribution < 1.29 is 28.9 Å². The number of fused-ring (bicyclic) bond motifs is 5. The second-order valence-electron chi connectivity index (χ2n) is 8.49. The lowest BCUT2D eigenvalue weighted by atomic mass is 9.51. The molecule has 0 radical (unpaired) electrons. The molecular weight excluding hydrogens is 336 g/mol. The third-order valence-corrected chi connectivity index (χ3v) is 7.27. The molecule has 6 heteroatoms. The van der Waals surface area contributed by atoms with Crippen LogP contribution < -0.4 is 0 Å². The minimum absolute atomic E-state index is 0.0597. The van der Waals surface area contributed by atoms with Gasteiger partial charge >= 0.3 is 11.9 Å². The maximum absolute atomic E-state index is 12.5. The molecular formula is C20H26O6. The van der Waals surface area contributed by atoms with Crippen LogP contribution in [-0.2, 0) is 23.8 Å². The first-order chi connectivity index (χ1) is 12.1. The molecule has 1 N–H and O–H groups in total. The zero-order valence-electron chi connectivity index (χ0n) is 15.7. The molecule has 2 aliphatic heterocycles. The van der Waals surface area contributed by atoms with Gasteiger partial charge in [0.1, 0.15) is 12.2 Å². The van der Waals surface area contributed by atoms with E-state index in [1.807, 2.05) is 13.8 Å². The Morgan fingerprint density at radius 2 is 2.08 bits per heavy atom. The van der Waals surface area contributed by atoms with E-state index in [1.54, 1.807) is 19.9 Å². The number of aliphatic hydroxyl groups is 1. The highest BCUT2D eigenvalue weighted by Crippen LogP contribution is 2.66. The number of rotatable bonds is 2. The summed E-state index contributed by atoms with van der Waals surface area (Å²) < 4.78 is 17.5. The number of esters is 2. The predicted octanol–water partition coefficient (Wildman–Crippen LogP) is 1.91. The Morgan fingerprint density at radius 3 is 2.73 bits per heavy atom. The molecule has 0 amide bonds. The van der Waals surface area contributed by atoms with Crippen LogP contribution in [0, 0.1) is 17.3 Å². The minimum Gasteiger partial charge on any atom is -0.458 e. The summed E-state index contributed by atoms with van der Waals surface area (Å²) >= 11 is 0. The first-order valence-electron chi connectivity index (χ1n) is 9.24. The van der Waals surface area contributed by atoms with Crippen molar-refractivity contribution in [3.05, 3.63) is 23.8 Å². The normalized spacial score (nSPS) is 49.7. The van der Waals surface area contributed by atoms with E-state index >= 15 is 0 Å². The van der Waals surface area contributed by atoms with Crippen molar-refractivity contribution in [2.45, 2.75) is 70.6 Å². The van der Waals surface area contributed by atoms with Crippen molar-refractivity contribution in [1.82, 2.24) is 0 Å². The maximum atomic E-state index is 12.5. The van der Waals surface area contributed by atoms with Gasteiger partial charge in [-0.1, -0.05) is 19.6 Å². The van der Waals surface area contributed by atoms with Crippen molar-refractivity contribution in [3.63, 3.8) is 0 Å². The van der Waals surface area contributed by atoms with Crippen LogP contribution in [0.3, 0.4) is 0 Å². The first-order valence-corrected chi connectivity index (χ1v) is 9.24. The van der Waals surface area contributed by atoms with E-state index in [-0.39, 0.29) is 17.9 Å². The van der Waals surface area contributed by atoms with Crippen LogP contribution in [0.1, 0.15) is 40.5 Å². The van der Waals surface area contributed by atoms with E-state index < -0.39 is 41.3 Å². The quantitative estimate of drug-likeness (QED) is 0.459. The fourth-order valence-corrected chi connectivity index (χ4v) is 5.41. The van der Waals surface area contributed by atoms with Crippen LogP contribution in [0.4, 0.5) is 0 Å². The zero-order valence-corrected chi connectivity index (χ0v) is 15.7. The van der Waals surface area contributed by atoms with Crippen LogP contribution in [0.25, 0.3) is 0 Å². The Morgan fingerprint density at radius 1 is 1.38 bits per heavy atom. The lowest BCUT2D eigenvalue weighted by Crippen LogP contribution is -2.65. The molecule has 4 aliphatic rings. The molecule has 4 fully saturated rings. The lowest BCUT2D eigenvalue weighted by molar-refractivity contribution is -0.208. The van der Waals surface area contributed by atoms with Gasteiger partial charge in [-0.2, -0.15) is 0 Å². The summed E-state index contributed by atoms with van der Waals surface area (Å²) in [5.41, 5.74) is -0.302. The van der Waals surface area contributed by atoms with E-state index in [1.165, 1.54) is 0 Å². The topological polar surface area (TPSA) is 85.4 Å². The van der Waals surface area contributed by atoms with Crippen LogP contribution in [0.15, 0.2) is 23.8 Å². The summed E-state index contributed by atoms with van der Waals surface area (Å²) in [4.78, 5) is 24.6. The number of hydrogen-bond acceptors (Lipinski definition) is 6. The minimum atomic E-state index is -0.752. The average molecular weight is 362 g/mol. The molecule has 0 unspecified atom stereocenters. The SMILES string of the molecule is C=C1C(=O)O[C@H]2[C@H]1C[C@@H](OC(=O)/C(C)=C\C)[C@@]1(C)[C@@H](O)C[C@H]3O[C@@]3(C)[C@H]21. The first kappa shape index (κ1) is 17.7. The van der Waals surface area contributed by atoms with Gasteiger partial charge in [0.2, 0.25) is 0 Å². The second kappa shape index (κ2) is 5.42. The third kappa shape index (κ3) is 2.12. The smallest absolute Gasteiger partial charge is 0.334 e. The molecule has 8 atom stereocenters. The highest BCUT2D eigenvalue weighted by molar-refractivity contribution is 5.91. The van der Waals surface area contributed by atoms with Crippen molar-refractivity contribution in [2.75, 3.05) is 0 Å². The van der Waals surface area contributed by atoms with E-state index in [4.69, 9.17) is 14.2 Å². The molecule has 0 bridgehead atoms. The second-order valence-corrected chi connectivity index (χ2v) is 8.49. The lowest BCUT2D eigenvalue weighted by Gasteiger charge is -2.55. The van der Waals surface area contributed by atoms with Gasteiger partial charge in [0.05, 0.1) is 17.8 Å². The van der Waals surface area contributed by atoms with E-state index in [9.17, 15) is 14.7 Å². The molecule has 2 saturated carbocycles. The van der Waals surface area contributed by atoms with Gasteiger partial charge in [0.15, 0.2) is 0 Å². The Kier molecular flexibility index (Phi) is 3.70. The number of ether oxygens (including phenoxy) is 3. The number of aliphatic hydroxyl groups excluding tert-OH is 1. The summed E-state index contributed by atoms with van der Waals surface area (Å²) in [6, 6.07) is 0. The van der Waals surface area contributed by atoms with Crippen molar-refractivity contribution in [2.24, 2.45) is 17.3 Å². The van der Waals surface area contributed by atoms with Crippen LogP contribution in [0.5, 0.6) is 0 Å². The fraction of sp³-hybridized carbons (Fsp3) is 0.700. The number of hydrogen-bond donors (Lipinski definition) is 1. The van der Waals surface area contributed by atoms with Crippen LogP contribution >= 0.6 is 0 Å². The van der Waals surface area contributed by atoms with E-state index in [0.29, 0.717) is 24.0 Å². The molecule has 2 saturated heterocycles. The van der Waals surface area contributed by atoms with Gasteiger partial charge in [-0.3, -0.25) is 0 Å². The highest BCUT2D eigenvalue weighted by atomic mass is 16.6. The van der Waals surface area contributed by atoms with Gasteiger partial charge < -0.3 is 19.3 Å². The van der Waals surface area contributed by atoms with Gasteiger partial charge in [-0.25, -0.2) is 9.59 Å². The summed E-state index contributed by atoms with van der Waals surface area (Å²) in [7, 11) is 0. The van der Waals surface area contributed by atoms with Gasteiger partial charge in [-0.15, -0.1) is 0 Å². The fourth-order valence-electron chi connectivity index (χ4n) is 5.41. The number of epoxide rings is 1. The summed E-state index contributed by atoms with van der Waals surface area (Å²) in [5.74, 6) is -1.28. The maximum Gasteiger partial charge on any atom is 0.334 e. The molecule has 0 aromatic heterocycles. The van der Waals surface area contributed by atoms with Crippen molar-refractivity contribution >= 4 is 11.9 Å². The Labute approximate surface area is 153 Å². The molecule has 2 heterocycles. The average Bonchev–Trinajstić information content (AvgIpc) is 3.17. The number of carbonyl (C=O) groups is 2. The van der Waals surface area contributed by atoms with Gasteiger partial charge in [0.25, 0.3) is 0 Å². The summed E-state index contributed by atoms with van der Waals surface area (Å²) in [6.07, 6.45) is 0.908. The molecule has 142 valence electrons. The molecule has 2 aliphatic carbocycles. The number of allylic oxidation sites excluding steroid dienone is 1. The van der Waals surface area contributed by atoms with Gasteiger partial charge in [-0.05, 0) is 27.2 Å². The van der Waals surface area contributed by atoms with E-state index in [2.05, 4.69) is 6.58 Å². The highest BCUT2D eigenvalue weighted by Gasteiger charge is 2.76. The third-order valence-electron chi connectivity index (χ3n) is 7.27. The molecule has 0 aromatic rings. The largest absolute Gasteiger partial charge is 0.458 e. The Balaban J connectivity index is 1.76. The van der Waals surface area contributed by atoms with Crippen molar-refractivity contribution in [1.29, 1.82) is 0 Å². The summed E-state index contributed by atoms with van der Waals surface area (Å²) in [6.45, 7) is 11.3.